The van der Waals surface area contributed by atoms with E-state index in [1.54, 1.807) is 0 Å². The van der Waals surface area contributed by atoms with Crippen molar-refractivity contribution in [1.29, 1.82) is 0 Å². The molecule has 22 heavy (non-hydrogen) atoms. The van der Waals surface area contributed by atoms with E-state index < -0.39 is 0 Å². The molecule has 0 radical (unpaired) electrons. The Morgan fingerprint density at radius 3 is 2.91 bits per heavy atom. The van der Waals surface area contributed by atoms with Crippen molar-refractivity contribution in [2.24, 2.45) is 5.92 Å². The van der Waals surface area contributed by atoms with Crippen molar-refractivity contribution in [3.63, 3.8) is 0 Å². The first-order valence-electron chi connectivity index (χ1n) is 7.36. The number of carbonyl (C=O) groups excluding carboxylic acids is 1. The van der Waals surface area contributed by atoms with Gasteiger partial charge in [-0.3, -0.25) is 5.32 Å². The lowest BCUT2D eigenvalue weighted by Crippen LogP contribution is -2.34. The van der Waals surface area contributed by atoms with Gasteiger partial charge in [0.05, 0.1) is 6.10 Å². The minimum absolute atomic E-state index is 0.0373. The minimum atomic E-state index is -0.282. The van der Waals surface area contributed by atoms with Gasteiger partial charge in [0.2, 0.25) is 0 Å². The minimum Gasteiger partial charge on any atom is -0.373 e. The van der Waals surface area contributed by atoms with Gasteiger partial charge in [-0.05, 0) is 18.9 Å². The van der Waals surface area contributed by atoms with E-state index in [1.807, 2.05) is 25.1 Å². The van der Waals surface area contributed by atoms with Crippen LogP contribution in [0.4, 0.5) is 10.6 Å². The molecule has 1 aromatic carbocycles. The molecule has 1 aliphatic heterocycles. The molecule has 6 nitrogen and oxygen atoms in total. The third kappa shape index (κ3) is 3.28. The Morgan fingerprint density at radius 2 is 2.18 bits per heavy atom. The van der Waals surface area contributed by atoms with Crippen LogP contribution in [0.1, 0.15) is 23.7 Å². The summed E-state index contributed by atoms with van der Waals surface area (Å²) < 4.78 is 10.6. The molecule has 0 spiro atoms. The molecule has 2 amide bonds. The van der Waals surface area contributed by atoms with Crippen LogP contribution in [0.2, 0.25) is 0 Å². The molecule has 2 atom stereocenters. The maximum atomic E-state index is 11.9. The molecule has 2 aromatic rings. The van der Waals surface area contributed by atoms with Crippen LogP contribution in [0, 0.1) is 12.8 Å². The monoisotopic (exact) mass is 301 g/mol. The fraction of sp³-hybridized carbons (Fsp3) is 0.375. The summed E-state index contributed by atoms with van der Waals surface area (Å²) in [4.78, 5) is 11.9. The number of aromatic nitrogens is 1. The Bertz CT molecular complexity index is 627. The average Bonchev–Trinajstić information content (AvgIpc) is 3.16. The van der Waals surface area contributed by atoms with Gasteiger partial charge in [0.1, 0.15) is 6.26 Å². The van der Waals surface area contributed by atoms with Crippen molar-refractivity contribution in [1.82, 2.24) is 10.5 Å². The van der Waals surface area contributed by atoms with Crippen molar-refractivity contribution >= 4 is 11.8 Å². The fourth-order valence-corrected chi connectivity index (χ4v) is 2.64. The molecular formula is C16H19N3O3. The molecule has 6 heteroatoms. The van der Waals surface area contributed by atoms with Crippen LogP contribution in [0.3, 0.4) is 0 Å². The van der Waals surface area contributed by atoms with Gasteiger partial charge in [0.25, 0.3) is 0 Å². The third-order valence-electron chi connectivity index (χ3n) is 3.85. The number of nitrogens with zero attached hydrogens (tertiary/aromatic N) is 1. The molecule has 2 N–H and O–H groups in total. The van der Waals surface area contributed by atoms with Crippen LogP contribution in [-0.4, -0.2) is 24.3 Å². The number of urea groups is 1. The number of rotatable bonds is 4. The Labute approximate surface area is 128 Å². The summed E-state index contributed by atoms with van der Waals surface area (Å²) in [5.74, 6) is 0.714. The average molecular weight is 301 g/mol. The number of ether oxygens (including phenoxy) is 1. The highest BCUT2D eigenvalue weighted by Gasteiger charge is 2.29. The van der Waals surface area contributed by atoms with Gasteiger partial charge in [-0.2, -0.15) is 0 Å². The molecule has 1 fully saturated rings. The van der Waals surface area contributed by atoms with Crippen LogP contribution in [0.5, 0.6) is 0 Å². The highest BCUT2D eigenvalue weighted by atomic mass is 16.5. The lowest BCUT2D eigenvalue weighted by Gasteiger charge is -2.19. The normalized spacial score (nSPS) is 20.8. The topological polar surface area (TPSA) is 76.4 Å². The van der Waals surface area contributed by atoms with Crippen LogP contribution < -0.4 is 10.6 Å². The van der Waals surface area contributed by atoms with Gasteiger partial charge in [-0.1, -0.05) is 35.5 Å². The second kappa shape index (κ2) is 6.62. The first kappa shape index (κ1) is 14.6. The van der Waals surface area contributed by atoms with Crippen molar-refractivity contribution < 1.29 is 14.1 Å². The zero-order chi connectivity index (χ0) is 15.4. The van der Waals surface area contributed by atoms with Gasteiger partial charge in [0.15, 0.2) is 5.82 Å². The lowest BCUT2D eigenvalue weighted by atomic mass is 9.95. The fourth-order valence-electron chi connectivity index (χ4n) is 2.64. The molecule has 3 rings (SSSR count). The summed E-state index contributed by atoms with van der Waals surface area (Å²) in [6.45, 7) is 3.10. The number of hydrogen-bond donors (Lipinski definition) is 2. The van der Waals surface area contributed by atoms with Gasteiger partial charge < -0.3 is 14.6 Å². The molecule has 0 saturated carbocycles. The molecular weight excluding hydrogens is 282 g/mol. The summed E-state index contributed by atoms with van der Waals surface area (Å²) in [5, 5.41) is 9.28. The van der Waals surface area contributed by atoms with E-state index in [4.69, 9.17) is 9.26 Å². The number of aryl methyl sites for hydroxylation is 1. The molecule has 1 saturated heterocycles. The van der Waals surface area contributed by atoms with Crippen molar-refractivity contribution in [3.8, 4) is 0 Å². The van der Waals surface area contributed by atoms with Crippen LogP contribution in [0.15, 0.2) is 41.1 Å². The Hall–Kier alpha value is -2.34. The maximum absolute atomic E-state index is 11.9. The third-order valence-corrected chi connectivity index (χ3v) is 3.85. The highest BCUT2D eigenvalue weighted by Crippen LogP contribution is 2.33. The number of anilines is 1. The quantitative estimate of drug-likeness (QED) is 0.910. The van der Waals surface area contributed by atoms with Crippen LogP contribution in [-0.2, 0) is 4.74 Å². The summed E-state index contributed by atoms with van der Waals surface area (Å²) in [6, 6.07) is 9.82. The molecule has 1 aromatic heterocycles. The first-order valence-corrected chi connectivity index (χ1v) is 7.36. The maximum Gasteiger partial charge on any atom is 0.320 e. The second-order valence-corrected chi connectivity index (χ2v) is 5.43. The number of carbonyl (C=O) groups is 1. The SMILES string of the molecule is Cc1conc1NC(=O)NC[C@H]1CCO[C@@H]1c1ccccc1. The predicted octanol–water partition coefficient (Wildman–Crippen LogP) is 2.88. The zero-order valence-corrected chi connectivity index (χ0v) is 12.4. The summed E-state index contributed by atoms with van der Waals surface area (Å²) in [7, 11) is 0. The largest absolute Gasteiger partial charge is 0.373 e. The molecule has 0 aliphatic carbocycles. The Balaban J connectivity index is 1.54. The van der Waals surface area contributed by atoms with Gasteiger partial charge in [-0.25, -0.2) is 4.79 Å². The zero-order valence-electron chi connectivity index (χ0n) is 12.4. The standard InChI is InChI=1S/C16H19N3O3/c1-11-10-22-19-15(11)18-16(20)17-9-13-7-8-21-14(13)12-5-3-2-4-6-12/h2-6,10,13-14H,7-9H2,1H3,(H2,17,18,19,20)/t13-,14-/m1/s1. The number of hydrogen-bond acceptors (Lipinski definition) is 4. The van der Waals surface area contributed by atoms with Gasteiger partial charge in [0, 0.05) is 24.6 Å². The first-order chi connectivity index (χ1) is 10.7. The summed E-state index contributed by atoms with van der Waals surface area (Å²) in [5.41, 5.74) is 1.95. The van der Waals surface area contributed by atoms with Crippen molar-refractivity contribution in [2.45, 2.75) is 19.4 Å². The summed E-state index contributed by atoms with van der Waals surface area (Å²) in [6.07, 6.45) is 2.46. The van der Waals surface area contributed by atoms with E-state index in [1.165, 1.54) is 6.26 Å². The van der Waals surface area contributed by atoms with E-state index >= 15 is 0 Å². The number of nitrogens with one attached hydrogen (secondary N) is 2. The molecule has 116 valence electrons. The summed E-state index contributed by atoms with van der Waals surface area (Å²) >= 11 is 0. The Morgan fingerprint density at radius 1 is 1.36 bits per heavy atom. The van der Waals surface area contributed by atoms with E-state index in [-0.39, 0.29) is 18.1 Å². The number of benzene rings is 1. The molecule has 0 unspecified atom stereocenters. The molecule has 2 heterocycles. The smallest absolute Gasteiger partial charge is 0.320 e. The van der Waals surface area contributed by atoms with E-state index in [0.29, 0.717) is 12.4 Å². The van der Waals surface area contributed by atoms with Crippen LogP contribution >= 0.6 is 0 Å². The molecule has 0 bridgehead atoms. The van der Waals surface area contributed by atoms with Crippen molar-refractivity contribution in [2.75, 3.05) is 18.5 Å². The lowest BCUT2D eigenvalue weighted by molar-refractivity contribution is 0.0911. The highest BCUT2D eigenvalue weighted by molar-refractivity contribution is 5.88. The van der Waals surface area contributed by atoms with Crippen molar-refractivity contribution in [3.05, 3.63) is 47.7 Å². The number of amides is 2. The van der Waals surface area contributed by atoms with E-state index in [0.717, 1.165) is 24.2 Å². The van der Waals surface area contributed by atoms with E-state index in [2.05, 4.69) is 27.9 Å². The Kier molecular flexibility index (Phi) is 4.39. The van der Waals surface area contributed by atoms with Crippen LogP contribution in [0.25, 0.3) is 0 Å². The van der Waals surface area contributed by atoms with Gasteiger partial charge in [-0.15, -0.1) is 0 Å². The predicted molar refractivity (Wildman–Crippen MR) is 81.5 cm³/mol. The molecule has 1 aliphatic rings. The van der Waals surface area contributed by atoms with Gasteiger partial charge >= 0.3 is 6.03 Å². The van der Waals surface area contributed by atoms with E-state index in [9.17, 15) is 4.79 Å². The second-order valence-electron chi connectivity index (χ2n) is 5.43.